The molecular formula is C10H6N6O. The summed E-state index contributed by atoms with van der Waals surface area (Å²) < 4.78 is 0. The third-order valence-corrected chi connectivity index (χ3v) is 2.44. The molecule has 0 aliphatic rings. The van der Waals surface area contributed by atoms with Crippen LogP contribution in [0.4, 0.5) is 5.95 Å². The first-order chi connectivity index (χ1) is 8.27. The van der Waals surface area contributed by atoms with Gasteiger partial charge in [-0.1, -0.05) is 29.4 Å². The number of hydrogen-bond acceptors (Lipinski definition) is 6. The normalized spacial score (nSPS) is 12.4. The smallest absolute Gasteiger partial charge is 0.267 e. The van der Waals surface area contributed by atoms with E-state index in [-0.39, 0.29) is 16.7 Å². The molecule has 3 aromatic rings. The Morgan fingerprint density at radius 3 is 2.71 bits per heavy atom. The van der Waals surface area contributed by atoms with Crippen LogP contribution >= 0.6 is 0 Å². The van der Waals surface area contributed by atoms with Crippen molar-refractivity contribution in [2.45, 2.75) is 0 Å². The highest BCUT2D eigenvalue weighted by atomic mass is 16.1. The molecule has 2 aromatic carbocycles. The third-order valence-electron chi connectivity index (χ3n) is 2.44. The molecule has 0 atom stereocenters. The minimum absolute atomic E-state index is 0.136. The van der Waals surface area contributed by atoms with E-state index in [1.54, 1.807) is 24.3 Å². The van der Waals surface area contributed by atoms with E-state index in [1.165, 1.54) is 0 Å². The molecule has 3 rings (SSSR count). The summed E-state index contributed by atoms with van der Waals surface area (Å²) in [6.07, 6.45) is 0. The van der Waals surface area contributed by atoms with Gasteiger partial charge in [0.2, 0.25) is 5.43 Å². The molecule has 0 aliphatic heterocycles. The Morgan fingerprint density at radius 1 is 1.24 bits per heavy atom. The van der Waals surface area contributed by atoms with Crippen molar-refractivity contribution in [2.24, 2.45) is 4.99 Å². The molecule has 0 bridgehead atoms. The zero-order valence-electron chi connectivity index (χ0n) is 8.51. The van der Waals surface area contributed by atoms with Gasteiger partial charge in [0.25, 0.3) is 5.95 Å². The number of H-pyrrole nitrogens is 1. The van der Waals surface area contributed by atoms with Crippen molar-refractivity contribution in [1.82, 2.24) is 20.6 Å². The fourth-order valence-corrected chi connectivity index (χ4v) is 1.69. The van der Waals surface area contributed by atoms with Crippen LogP contribution in [-0.4, -0.2) is 20.6 Å². The molecule has 1 aromatic heterocycles. The number of fused-ring (bicyclic) bond motifs is 1. The Hall–Kier alpha value is -2.70. The number of nitrogens with one attached hydrogen (secondary N) is 2. The van der Waals surface area contributed by atoms with Crippen molar-refractivity contribution < 1.29 is 0 Å². The van der Waals surface area contributed by atoms with Gasteiger partial charge in [-0.2, -0.15) is 0 Å². The molecule has 0 saturated heterocycles. The van der Waals surface area contributed by atoms with Crippen LogP contribution in [0, 0.1) is 5.41 Å². The lowest BCUT2D eigenvalue weighted by atomic mass is 10.2. The van der Waals surface area contributed by atoms with Crippen LogP contribution < -0.4 is 16.1 Å². The molecule has 0 spiro atoms. The summed E-state index contributed by atoms with van der Waals surface area (Å²) in [6.45, 7) is 0. The van der Waals surface area contributed by atoms with Crippen LogP contribution in [0.1, 0.15) is 0 Å². The summed E-state index contributed by atoms with van der Waals surface area (Å²) in [5.41, 5.74) is -0.327. The Kier molecular flexibility index (Phi) is 1.91. The van der Waals surface area contributed by atoms with Gasteiger partial charge >= 0.3 is 0 Å². The second kappa shape index (κ2) is 3.41. The first kappa shape index (κ1) is 9.52. The number of rotatable bonds is 1. The van der Waals surface area contributed by atoms with Gasteiger partial charge < -0.3 is 0 Å². The molecule has 0 radical (unpaired) electrons. The van der Waals surface area contributed by atoms with Gasteiger partial charge in [0.1, 0.15) is 10.7 Å². The fourth-order valence-electron chi connectivity index (χ4n) is 1.69. The van der Waals surface area contributed by atoms with E-state index in [9.17, 15) is 4.79 Å². The van der Waals surface area contributed by atoms with E-state index in [1.807, 2.05) is 0 Å². The van der Waals surface area contributed by atoms with Gasteiger partial charge in [0, 0.05) is 10.8 Å². The van der Waals surface area contributed by atoms with Crippen molar-refractivity contribution in [3.8, 4) is 0 Å². The number of tetrazole rings is 1. The van der Waals surface area contributed by atoms with Crippen LogP contribution in [0.3, 0.4) is 0 Å². The lowest BCUT2D eigenvalue weighted by Gasteiger charge is -1.85. The average Bonchev–Trinajstić information content (AvgIpc) is 2.94. The Balaban J connectivity index is 2.49. The van der Waals surface area contributed by atoms with Crippen molar-refractivity contribution in [1.29, 1.82) is 5.41 Å². The zero-order chi connectivity index (χ0) is 11.8. The van der Waals surface area contributed by atoms with Gasteiger partial charge in [-0.3, -0.25) is 10.2 Å². The van der Waals surface area contributed by atoms with Crippen LogP contribution in [-0.2, 0) is 0 Å². The van der Waals surface area contributed by atoms with Crippen molar-refractivity contribution in [2.75, 3.05) is 0 Å². The first-order valence-corrected chi connectivity index (χ1v) is 4.83. The molecule has 0 unspecified atom stereocenters. The van der Waals surface area contributed by atoms with Crippen LogP contribution in [0.15, 0.2) is 34.1 Å². The Bertz CT molecular complexity index is 826. The topological polar surface area (TPSA) is 108 Å². The van der Waals surface area contributed by atoms with Gasteiger partial charge in [-0.15, -0.1) is 0 Å². The second-order valence-electron chi connectivity index (χ2n) is 3.43. The standard InChI is InChI=1S/C10H6N6O/c11-7-8(12-10-13-15-16-14-10)5-3-1-2-4-6(5)9(7)17/h1-4,11H,(H,13,14,15,16)/b11-7?,12-8-. The zero-order valence-corrected chi connectivity index (χ0v) is 8.51. The minimum Gasteiger partial charge on any atom is -0.295 e. The van der Waals surface area contributed by atoms with Crippen molar-refractivity contribution in [3.05, 3.63) is 45.2 Å². The van der Waals surface area contributed by atoms with E-state index in [4.69, 9.17) is 5.41 Å². The second-order valence-corrected chi connectivity index (χ2v) is 3.43. The summed E-state index contributed by atoms with van der Waals surface area (Å²) in [7, 11) is 0. The molecule has 82 valence electrons. The maximum Gasteiger partial charge on any atom is 0.267 e. The summed E-state index contributed by atoms with van der Waals surface area (Å²) in [4.78, 5) is 15.8. The Morgan fingerprint density at radius 2 is 2.00 bits per heavy atom. The molecule has 0 fully saturated rings. The monoisotopic (exact) mass is 226 g/mol. The molecule has 0 saturated carbocycles. The van der Waals surface area contributed by atoms with E-state index in [2.05, 4.69) is 25.6 Å². The van der Waals surface area contributed by atoms with Gasteiger partial charge in [0.15, 0.2) is 0 Å². The molecule has 17 heavy (non-hydrogen) atoms. The number of aromatic nitrogens is 4. The molecule has 0 amide bonds. The van der Waals surface area contributed by atoms with Crippen molar-refractivity contribution >= 4 is 16.7 Å². The number of nitrogens with zero attached hydrogens (tertiary/aromatic N) is 4. The number of aromatic amines is 1. The van der Waals surface area contributed by atoms with Gasteiger partial charge in [0.05, 0.1) is 0 Å². The average molecular weight is 226 g/mol. The highest BCUT2D eigenvalue weighted by molar-refractivity contribution is 5.83. The maximum absolute atomic E-state index is 11.8. The van der Waals surface area contributed by atoms with Crippen LogP contribution in [0.2, 0.25) is 0 Å². The van der Waals surface area contributed by atoms with Gasteiger partial charge in [-0.05, 0) is 10.4 Å². The molecule has 7 nitrogen and oxygen atoms in total. The first-order valence-electron chi connectivity index (χ1n) is 4.83. The fraction of sp³-hybridized carbons (Fsp3) is 0. The summed E-state index contributed by atoms with van der Waals surface area (Å²) in [5.74, 6) is 0.175. The lowest BCUT2D eigenvalue weighted by molar-refractivity contribution is 0.881. The number of hydrogen-bond donors (Lipinski definition) is 2. The predicted molar refractivity (Wildman–Crippen MR) is 57.8 cm³/mol. The SMILES string of the molecule is N=c1c(=O)c2ccccc2/c1=N/c1nnn[nH]1. The third kappa shape index (κ3) is 1.36. The molecule has 2 N–H and O–H groups in total. The van der Waals surface area contributed by atoms with E-state index < -0.39 is 0 Å². The lowest BCUT2D eigenvalue weighted by Crippen LogP contribution is -2.30. The van der Waals surface area contributed by atoms with E-state index in [0.29, 0.717) is 16.1 Å². The van der Waals surface area contributed by atoms with E-state index in [0.717, 1.165) is 0 Å². The largest absolute Gasteiger partial charge is 0.295 e. The van der Waals surface area contributed by atoms with Crippen molar-refractivity contribution in [3.63, 3.8) is 0 Å². The van der Waals surface area contributed by atoms with Crippen LogP contribution in [0.25, 0.3) is 10.8 Å². The number of benzene rings is 1. The molecule has 1 heterocycles. The molecular weight excluding hydrogens is 220 g/mol. The Labute approximate surface area is 93.7 Å². The highest BCUT2D eigenvalue weighted by Crippen LogP contribution is 2.03. The summed E-state index contributed by atoms with van der Waals surface area (Å²) in [6, 6.07) is 6.96. The quantitative estimate of drug-likeness (QED) is 0.572. The predicted octanol–water partition coefficient (Wildman–Crippen LogP) is -0.699. The maximum atomic E-state index is 11.8. The molecule has 7 heteroatoms. The van der Waals surface area contributed by atoms with Gasteiger partial charge in [-0.25, -0.2) is 10.1 Å². The van der Waals surface area contributed by atoms with Crippen LogP contribution in [0.5, 0.6) is 0 Å². The summed E-state index contributed by atoms with van der Waals surface area (Å²) in [5, 5.41) is 21.8. The molecule has 0 aliphatic carbocycles. The highest BCUT2D eigenvalue weighted by Gasteiger charge is 2.07. The minimum atomic E-state index is -0.327. The summed E-state index contributed by atoms with van der Waals surface area (Å²) >= 11 is 0. The van der Waals surface area contributed by atoms with E-state index >= 15 is 0 Å².